The van der Waals surface area contributed by atoms with Crippen LogP contribution >= 0.6 is 0 Å². The molecule has 0 saturated heterocycles. The van der Waals surface area contributed by atoms with Crippen molar-refractivity contribution in [3.05, 3.63) is 24.4 Å². The van der Waals surface area contributed by atoms with Crippen LogP contribution in [0.15, 0.2) is 24.4 Å². The number of nitrogens with zero attached hydrogens (tertiary/aromatic N) is 1. The molecule has 0 heterocycles. The van der Waals surface area contributed by atoms with Crippen LogP contribution in [-0.4, -0.2) is 18.5 Å². The highest BCUT2D eigenvalue weighted by Crippen LogP contribution is 2.29. The Balaban J connectivity index is 4.82. The van der Waals surface area contributed by atoms with Crippen LogP contribution in [0.25, 0.3) is 0 Å². The van der Waals surface area contributed by atoms with E-state index < -0.39 is 0 Å². The van der Waals surface area contributed by atoms with Crippen molar-refractivity contribution in [2.45, 2.75) is 41.5 Å². The summed E-state index contributed by atoms with van der Waals surface area (Å²) in [4.78, 5) is 2.34. The average Bonchev–Trinajstić information content (AvgIpc) is 1.93. The van der Waals surface area contributed by atoms with E-state index in [1.54, 1.807) is 0 Å². The van der Waals surface area contributed by atoms with Gasteiger partial charge in [0.15, 0.2) is 0 Å². The quantitative estimate of drug-likeness (QED) is 0.633. The van der Waals surface area contributed by atoms with E-state index in [0.29, 0.717) is 5.41 Å². The van der Waals surface area contributed by atoms with Crippen LogP contribution in [0.5, 0.6) is 0 Å². The van der Waals surface area contributed by atoms with Crippen LogP contribution in [0.2, 0.25) is 0 Å². The molecule has 0 aliphatic heterocycles. The van der Waals surface area contributed by atoms with Crippen molar-refractivity contribution in [3.8, 4) is 0 Å². The maximum atomic E-state index is 3.79. The highest BCUT2D eigenvalue weighted by atomic mass is 15.1. The Morgan fingerprint density at radius 3 is 1.87 bits per heavy atom. The van der Waals surface area contributed by atoms with Crippen molar-refractivity contribution in [2.75, 3.05) is 13.6 Å². The summed E-state index contributed by atoms with van der Waals surface area (Å²) in [7, 11) is 2.16. The Bertz CT molecular complexity index is 235. The van der Waals surface area contributed by atoms with Crippen LogP contribution < -0.4 is 0 Å². The molecule has 0 bridgehead atoms. The van der Waals surface area contributed by atoms with Crippen molar-refractivity contribution < 1.29 is 0 Å². The number of allylic oxidation sites excluding steroid dienone is 3. The van der Waals surface area contributed by atoms with Gasteiger partial charge in [-0.1, -0.05) is 54.2 Å². The van der Waals surface area contributed by atoms with Crippen LogP contribution in [0.4, 0.5) is 0 Å². The molecule has 0 aromatic rings. The molecule has 0 atom stereocenters. The summed E-state index contributed by atoms with van der Waals surface area (Å²) in [5.41, 5.74) is 1.83. The van der Waals surface area contributed by atoms with Crippen molar-refractivity contribution in [1.82, 2.24) is 4.90 Å². The Morgan fingerprint density at radius 1 is 1.13 bits per heavy atom. The van der Waals surface area contributed by atoms with Crippen LogP contribution in [0, 0.1) is 10.8 Å². The van der Waals surface area contributed by atoms with Gasteiger partial charge in [0.25, 0.3) is 0 Å². The van der Waals surface area contributed by atoms with Crippen molar-refractivity contribution >= 4 is 0 Å². The fourth-order valence-electron chi connectivity index (χ4n) is 1.86. The van der Waals surface area contributed by atoms with Crippen molar-refractivity contribution in [3.63, 3.8) is 0 Å². The molecular weight excluding hydrogens is 182 g/mol. The van der Waals surface area contributed by atoms with E-state index >= 15 is 0 Å². The first-order valence-corrected chi connectivity index (χ1v) is 5.62. The first-order chi connectivity index (χ1) is 6.58. The van der Waals surface area contributed by atoms with E-state index in [-0.39, 0.29) is 5.41 Å². The topological polar surface area (TPSA) is 3.24 Å². The summed E-state index contributed by atoms with van der Waals surface area (Å²) in [6.07, 6.45) is 3.99. The summed E-state index contributed by atoms with van der Waals surface area (Å²) in [6.45, 7) is 18.3. The van der Waals surface area contributed by atoms with E-state index in [1.165, 1.54) is 5.70 Å². The Hall–Kier alpha value is -0.720. The summed E-state index contributed by atoms with van der Waals surface area (Å²) in [6, 6.07) is 0. The van der Waals surface area contributed by atoms with E-state index in [4.69, 9.17) is 0 Å². The fourth-order valence-corrected chi connectivity index (χ4v) is 1.86. The van der Waals surface area contributed by atoms with Crippen LogP contribution in [0.1, 0.15) is 41.5 Å². The predicted octanol–water partition coefficient (Wildman–Crippen LogP) is 4.08. The normalized spacial score (nSPS) is 13.9. The highest BCUT2D eigenvalue weighted by molar-refractivity contribution is 5.15. The summed E-state index contributed by atoms with van der Waals surface area (Å²) < 4.78 is 0. The second-order valence-electron chi connectivity index (χ2n) is 6.45. The minimum Gasteiger partial charge on any atom is -0.377 e. The summed E-state index contributed by atoms with van der Waals surface area (Å²) in [5.74, 6) is 0. The third-order valence-corrected chi connectivity index (χ3v) is 2.17. The molecule has 1 nitrogen and oxygen atoms in total. The first kappa shape index (κ1) is 14.3. The van der Waals surface area contributed by atoms with E-state index in [0.717, 1.165) is 6.54 Å². The third-order valence-electron chi connectivity index (χ3n) is 2.17. The number of rotatable bonds is 3. The zero-order valence-electron chi connectivity index (χ0n) is 11.5. The third kappa shape index (κ3) is 5.66. The molecule has 0 fully saturated rings. The molecule has 0 N–H and O–H groups in total. The minimum absolute atomic E-state index is 0.175. The molecular formula is C14H27N. The molecule has 0 unspecified atom stereocenters. The molecule has 0 aliphatic carbocycles. The molecule has 0 radical (unpaired) electrons. The average molecular weight is 209 g/mol. The predicted molar refractivity (Wildman–Crippen MR) is 69.8 cm³/mol. The lowest BCUT2D eigenvalue weighted by atomic mass is 9.88. The van der Waals surface area contributed by atoms with Gasteiger partial charge in [-0.25, -0.2) is 0 Å². The van der Waals surface area contributed by atoms with Gasteiger partial charge in [0.1, 0.15) is 0 Å². The van der Waals surface area contributed by atoms with Crippen molar-refractivity contribution in [1.29, 1.82) is 0 Å². The van der Waals surface area contributed by atoms with Gasteiger partial charge in [0, 0.05) is 24.7 Å². The number of hydrogen-bond acceptors (Lipinski definition) is 1. The molecule has 0 spiro atoms. The molecule has 0 aromatic heterocycles. The van der Waals surface area contributed by atoms with Crippen molar-refractivity contribution in [2.24, 2.45) is 10.8 Å². The van der Waals surface area contributed by atoms with Gasteiger partial charge in [0.05, 0.1) is 0 Å². The second-order valence-corrected chi connectivity index (χ2v) is 6.45. The lowest BCUT2D eigenvalue weighted by Crippen LogP contribution is -2.33. The molecule has 0 rings (SSSR count). The summed E-state index contributed by atoms with van der Waals surface area (Å²) in [5, 5.41) is 0. The molecule has 1 heteroatoms. The monoisotopic (exact) mass is 209 g/mol. The van der Waals surface area contributed by atoms with Crippen LogP contribution in [-0.2, 0) is 0 Å². The summed E-state index contributed by atoms with van der Waals surface area (Å²) >= 11 is 0. The van der Waals surface area contributed by atoms with Gasteiger partial charge in [-0.05, 0) is 11.5 Å². The lowest BCUT2D eigenvalue weighted by Gasteiger charge is -2.36. The molecule has 0 saturated carbocycles. The maximum absolute atomic E-state index is 3.79. The molecule has 0 aliphatic rings. The number of hydrogen-bond donors (Lipinski definition) is 0. The SMILES string of the molecule is C=C/C=C(\N(C)CC(C)(C)C)C(C)(C)C. The minimum atomic E-state index is 0.175. The fraction of sp³-hybridized carbons (Fsp3) is 0.714. The zero-order valence-corrected chi connectivity index (χ0v) is 11.5. The van der Waals surface area contributed by atoms with Gasteiger partial charge in [0.2, 0.25) is 0 Å². The zero-order chi connectivity index (χ0) is 12.3. The molecule has 15 heavy (non-hydrogen) atoms. The van der Waals surface area contributed by atoms with Gasteiger partial charge < -0.3 is 4.90 Å². The van der Waals surface area contributed by atoms with Gasteiger partial charge in [-0.15, -0.1) is 0 Å². The van der Waals surface area contributed by atoms with Gasteiger partial charge in [-0.2, -0.15) is 0 Å². The molecule has 0 amide bonds. The van der Waals surface area contributed by atoms with E-state index in [2.05, 4.69) is 66.1 Å². The maximum Gasteiger partial charge on any atom is 0.0220 e. The van der Waals surface area contributed by atoms with Gasteiger partial charge >= 0.3 is 0 Å². The second kappa shape index (κ2) is 4.87. The Morgan fingerprint density at radius 2 is 1.60 bits per heavy atom. The Kier molecular flexibility index (Phi) is 4.64. The van der Waals surface area contributed by atoms with Crippen LogP contribution in [0.3, 0.4) is 0 Å². The van der Waals surface area contributed by atoms with Gasteiger partial charge in [-0.3, -0.25) is 0 Å². The molecule has 0 aromatic carbocycles. The largest absolute Gasteiger partial charge is 0.377 e. The highest BCUT2D eigenvalue weighted by Gasteiger charge is 2.23. The standard InChI is InChI=1S/C14H27N/c1-9-10-12(14(5,6)7)15(8)11-13(2,3)4/h9-10H,1,11H2,2-8H3/b12-10-. The first-order valence-electron chi connectivity index (χ1n) is 5.62. The molecule has 88 valence electrons. The van der Waals surface area contributed by atoms with E-state index in [1.807, 2.05) is 6.08 Å². The Labute approximate surface area is 95.9 Å². The smallest absolute Gasteiger partial charge is 0.0220 e. The lowest BCUT2D eigenvalue weighted by molar-refractivity contribution is 0.228. The van der Waals surface area contributed by atoms with E-state index in [9.17, 15) is 0 Å².